The largest absolute Gasteiger partial charge is 0.198 e. The molecule has 0 heterocycles. The molecule has 0 aromatic heterocycles. The molecule has 1 rings (SSSR count). The highest BCUT2D eigenvalue weighted by Gasteiger charge is 1.80. The lowest BCUT2D eigenvalue weighted by Crippen LogP contribution is -1.67. The first-order valence-corrected chi connectivity index (χ1v) is 3.52. The number of benzene rings is 1. The number of hydrogen-bond acceptors (Lipinski definition) is 1. The van der Waals surface area contributed by atoms with Gasteiger partial charge >= 0.3 is 0 Å². The van der Waals surface area contributed by atoms with E-state index in [0.29, 0.717) is 6.42 Å². The van der Waals surface area contributed by atoms with Crippen molar-refractivity contribution in [2.45, 2.75) is 6.42 Å². The molecule has 0 amide bonds. The van der Waals surface area contributed by atoms with E-state index in [0.717, 1.165) is 5.56 Å². The van der Waals surface area contributed by atoms with Crippen molar-refractivity contribution in [3.8, 4) is 6.07 Å². The zero-order valence-corrected chi connectivity index (χ0v) is 6.20. The molecule has 1 nitrogen and oxygen atoms in total. The summed E-state index contributed by atoms with van der Waals surface area (Å²) in [6.07, 6.45) is 4.29. The Morgan fingerprint density at radius 3 is 2.64 bits per heavy atom. The summed E-state index contributed by atoms with van der Waals surface area (Å²) in [5.41, 5.74) is 1.14. The van der Waals surface area contributed by atoms with Crippen LogP contribution in [0.1, 0.15) is 12.0 Å². The molecule has 0 aliphatic rings. The van der Waals surface area contributed by atoms with Gasteiger partial charge in [-0.3, -0.25) is 0 Å². The molecule has 1 aromatic rings. The average molecular weight is 143 g/mol. The van der Waals surface area contributed by atoms with E-state index in [-0.39, 0.29) is 0 Å². The van der Waals surface area contributed by atoms with Gasteiger partial charge in [0.15, 0.2) is 0 Å². The third-order valence-electron chi connectivity index (χ3n) is 1.32. The van der Waals surface area contributed by atoms with Gasteiger partial charge in [0.2, 0.25) is 0 Å². The Labute approximate surface area is 66.6 Å². The topological polar surface area (TPSA) is 23.8 Å². The molecule has 0 aliphatic heterocycles. The molecule has 0 fully saturated rings. The molecule has 0 aliphatic carbocycles. The van der Waals surface area contributed by atoms with E-state index >= 15 is 0 Å². The highest BCUT2D eigenvalue weighted by Crippen LogP contribution is 2.00. The number of nitrogens with zero attached hydrogens (tertiary/aromatic N) is 1. The van der Waals surface area contributed by atoms with E-state index in [2.05, 4.69) is 6.07 Å². The Hall–Kier alpha value is -1.55. The molecular weight excluding hydrogens is 134 g/mol. The highest BCUT2D eigenvalue weighted by molar-refractivity contribution is 5.48. The minimum atomic E-state index is 0.481. The minimum Gasteiger partial charge on any atom is -0.198 e. The summed E-state index contributed by atoms with van der Waals surface area (Å²) in [5.74, 6) is 0. The fourth-order valence-corrected chi connectivity index (χ4v) is 0.812. The Morgan fingerprint density at radius 2 is 2.00 bits per heavy atom. The SMILES string of the molecule is N#CCC=Cc1ccccc1. The van der Waals surface area contributed by atoms with Crippen molar-refractivity contribution in [2.24, 2.45) is 0 Å². The quantitative estimate of drug-likeness (QED) is 0.624. The standard InChI is InChI=1S/C10H9N/c11-9-5-4-8-10-6-2-1-3-7-10/h1-4,6-8H,5H2. The fourth-order valence-electron chi connectivity index (χ4n) is 0.812. The van der Waals surface area contributed by atoms with Gasteiger partial charge in [-0.1, -0.05) is 42.5 Å². The van der Waals surface area contributed by atoms with Crippen LogP contribution >= 0.6 is 0 Å². The van der Waals surface area contributed by atoms with Gasteiger partial charge in [-0.2, -0.15) is 5.26 Å². The smallest absolute Gasteiger partial charge is 0.0663 e. The summed E-state index contributed by atoms with van der Waals surface area (Å²) in [7, 11) is 0. The van der Waals surface area contributed by atoms with Crippen LogP contribution in [0.3, 0.4) is 0 Å². The van der Waals surface area contributed by atoms with Crippen molar-refractivity contribution < 1.29 is 0 Å². The van der Waals surface area contributed by atoms with Crippen molar-refractivity contribution in [1.82, 2.24) is 0 Å². The van der Waals surface area contributed by atoms with E-state index in [4.69, 9.17) is 5.26 Å². The monoisotopic (exact) mass is 143 g/mol. The van der Waals surface area contributed by atoms with Gasteiger partial charge in [-0.15, -0.1) is 0 Å². The molecule has 0 spiro atoms. The van der Waals surface area contributed by atoms with Gasteiger partial charge in [-0.05, 0) is 5.56 Å². The number of allylic oxidation sites excluding steroid dienone is 1. The summed E-state index contributed by atoms with van der Waals surface area (Å²) >= 11 is 0. The number of rotatable bonds is 2. The molecule has 54 valence electrons. The molecule has 0 atom stereocenters. The molecule has 11 heavy (non-hydrogen) atoms. The molecule has 0 N–H and O–H groups in total. The average Bonchev–Trinajstić information content (AvgIpc) is 2.07. The predicted octanol–water partition coefficient (Wildman–Crippen LogP) is 2.61. The molecule has 0 bridgehead atoms. The van der Waals surface area contributed by atoms with Crippen LogP contribution in [0.5, 0.6) is 0 Å². The van der Waals surface area contributed by atoms with E-state index in [9.17, 15) is 0 Å². The van der Waals surface area contributed by atoms with E-state index in [1.807, 2.05) is 42.5 Å². The van der Waals surface area contributed by atoms with Gasteiger partial charge in [0, 0.05) is 0 Å². The van der Waals surface area contributed by atoms with Crippen molar-refractivity contribution in [2.75, 3.05) is 0 Å². The maximum Gasteiger partial charge on any atom is 0.0663 e. The van der Waals surface area contributed by atoms with Crippen LogP contribution < -0.4 is 0 Å². The van der Waals surface area contributed by atoms with Crippen molar-refractivity contribution in [1.29, 1.82) is 5.26 Å². The van der Waals surface area contributed by atoms with Crippen molar-refractivity contribution >= 4 is 6.08 Å². The number of hydrogen-bond donors (Lipinski definition) is 0. The minimum absolute atomic E-state index is 0.481. The second kappa shape index (κ2) is 4.29. The van der Waals surface area contributed by atoms with Crippen LogP contribution in [0.2, 0.25) is 0 Å². The summed E-state index contributed by atoms with van der Waals surface area (Å²) in [6.45, 7) is 0. The first-order chi connectivity index (χ1) is 5.43. The molecule has 1 aromatic carbocycles. The van der Waals surface area contributed by atoms with Crippen LogP contribution in [0.4, 0.5) is 0 Å². The van der Waals surface area contributed by atoms with E-state index in [1.165, 1.54) is 0 Å². The molecular formula is C10H9N. The van der Waals surface area contributed by atoms with Crippen LogP contribution in [0, 0.1) is 11.3 Å². The summed E-state index contributed by atoms with van der Waals surface area (Å²) in [4.78, 5) is 0. The van der Waals surface area contributed by atoms with Gasteiger partial charge < -0.3 is 0 Å². The van der Waals surface area contributed by atoms with Gasteiger partial charge in [0.1, 0.15) is 0 Å². The maximum absolute atomic E-state index is 8.24. The van der Waals surface area contributed by atoms with E-state index in [1.54, 1.807) is 0 Å². The van der Waals surface area contributed by atoms with Crippen LogP contribution in [-0.4, -0.2) is 0 Å². The zero-order valence-electron chi connectivity index (χ0n) is 6.20. The molecule has 0 saturated carbocycles. The van der Waals surface area contributed by atoms with Crippen molar-refractivity contribution in [3.05, 3.63) is 42.0 Å². The lowest BCUT2D eigenvalue weighted by Gasteiger charge is -1.87. The Kier molecular flexibility index (Phi) is 2.95. The molecule has 0 saturated heterocycles. The predicted molar refractivity (Wildman–Crippen MR) is 45.7 cm³/mol. The summed E-state index contributed by atoms with van der Waals surface area (Å²) in [5, 5.41) is 8.24. The number of nitriles is 1. The second-order valence-electron chi connectivity index (χ2n) is 2.18. The normalized spacial score (nSPS) is 9.73. The van der Waals surface area contributed by atoms with E-state index < -0.39 is 0 Å². The molecule has 0 radical (unpaired) electrons. The summed E-state index contributed by atoms with van der Waals surface area (Å²) in [6, 6.07) is 12.0. The third-order valence-corrected chi connectivity index (χ3v) is 1.32. The molecule has 1 heteroatoms. The van der Waals surface area contributed by atoms with Crippen LogP contribution in [0.25, 0.3) is 6.08 Å². The van der Waals surface area contributed by atoms with Crippen LogP contribution in [0.15, 0.2) is 36.4 Å². The Balaban J connectivity index is 2.59. The first kappa shape index (κ1) is 7.56. The lowest BCUT2D eigenvalue weighted by atomic mass is 10.2. The Morgan fingerprint density at radius 1 is 1.27 bits per heavy atom. The zero-order chi connectivity index (χ0) is 7.94. The van der Waals surface area contributed by atoms with Crippen molar-refractivity contribution in [3.63, 3.8) is 0 Å². The lowest BCUT2D eigenvalue weighted by molar-refractivity contribution is 1.36. The fraction of sp³-hybridized carbons (Fsp3) is 0.100. The van der Waals surface area contributed by atoms with Gasteiger partial charge in [0.25, 0.3) is 0 Å². The molecule has 0 unspecified atom stereocenters. The van der Waals surface area contributed by atoms with Crippen LogP contribution in [-0.2, 0) is 0 Å². The van der Waals surface area contributed by atoms with Gasteiger partial charge in [-0.25, -0.2) is 0 Å². The second-order valence-corrected chi connectivity index (χ2v) is 2.18. The van der Waals surface area contributed by atoms with Gasteiger partial charge in [0.05, 0.1) is 12.5 Å². The highest BCUT2D eigenvalue weighted by atomic mass is 14.2. The summed E-state index contributed by atoms with van der Waals surface area (Å²) < 4.78 is 0. The maximum atomic E-state index is 8.24. The third kappa shape index (κ3) is 2.68. The Bertz CT molecular complexity index is 267. The first-order valence-electron chi connectivity index (χ1n) is 3.52.